The van der Waals surface area contributed by atoms with Crippen molar-refractivity contribution in [1.29, 1.82) is 0 Å². The standard InChI is InChI=1S/C20H18N2O5S2/c1-14-6-8-15(9-7-14)16-10-12-17(13-11-16)20(23)22-29(26,27)19-5-3-2-4-18(19)28(21,24)25/h2-13H,1H3,(H,22,23)(H2,21,24,25). The lowest BCUT2D eigenvalue weighted by molar-refractivity contribution is 0.0981. The first-order valence-corrected chi connectivity index (χ1v) is 11.5. The Morgan fingerprint density at radius 3 is 1.76 bits per heavy atom. The highest BCUT2D eigenvalue weighted by molar-refractivity contribution is 7.92. The quantitative estimate of drug-likeness (QED) is 0.643. The van der Waals surface area contributed by atoms with Crippen molar-refractivity contribution in [3.05, 3.63) is 83.9 Å². The molecule has 0 aliphatic heterocycles. The van der Waals surface area contributed by atoms with Crippen molar-refractivity contribution in [1.82, 2.24) is 4.72 Å². The fourth-order valence-electron chi connectivity index (χ4n) is 2.70. The Balaban J connectivity index is 1.86. The zero-order valence-electron chi connectivity index (χ0n) is 15.4. The molecule has 7 nitrogen and oxygen atoms in total. The molecule has 0 unspecified atom stereocenters. The first-order valence-electron chi connectivity index (χ1n) is 8.44. The molecule has 0 aliphatic rings. The predicted octanol–water partition coefficient (Wildman–Crippen LogP) is 2.43. The number of nitrogens with two attached hydrogens (primary N) is 1. The molecule has 0 fully saturated rings. The third-order valence-electron chi connectivity index (χ3n) is 4.20. The van der Waals surface area contributed by atoms with Crippen LogP contribution >= 0.6 is 0 Å². The number of primary sulfonamides is 1. The van der Waals surface area contributed by atoms with Gasteiger partial charge >= 0.3 is 0 Å². The summed E-state index contributed by atoms with van der Waals surface area (Å²) in [5.41, 5.74) is 3.05. The van der Waals surface area contributed by atoms with Crippen LogP contribution in [0.15, 0.2) is 82.6 Å². The molecule has 3 N–H and O–H groups in total. The van der Waals surface area contributed by atoms with Gasteiger partial charge < -0.3 is 0 Å². The van der Waals surface area contributed by atoms with Crippen LogP contribution in [0.25, 0.3) is 11.1 Å². The number of carbonyl (C=O) groups excluding carboxylic acids is 1. The first kappa shape index (κ1) is 20.7. The summed E-state index contributed by atoms with van der Waals surface area (Å²) in [6.07, 6.45) is 0. The van der Waals surface area contributed by atoms with Crippen LogP contribution in [0, 0.1) is 6.92 Å². The van der Waals surface area contributed by atoms with Gasteiger partial charge in [-0.05, 0) is 42.3 Å². The van der Waals surface area contributed by atoms with E-state index in [0.717, 1.165) is 28.8 Å². The zero-order chi connectivity index (χ0) is 21.2. The minimum Gasteiger partial charge on any atom is -0.268 e. The van der Waals surface area contributed by atoms with Gasteiger partial charge in [0.05, 0.1) is 0 Å². The molecule has 0 radical (unpaired) electrons. The molecule has 9 heteroatoms. The van der Waals surface area contributed by atoms with Crippen LogP contribution in [-0.4, -0.2) is 22.7 Å². The highest BCUT2D eigenvalue weighted by Gasteiger charge is 2.26. The topological polar surface area (TPSA) is 123 Å². The number of hydrogen-bond acceptors (Lipinski definition) is 5. The van der Waals surface area contributed by atoms with Gasteiger partial charge in [-0.25, -0.2) is 26.7 Å². The second-order valence-electron chi connectivity index (χ2n) is 6.37. The van der Waals surface area contributed by atoms with Crippen molar-refractivity contribution in [3.63, 3.8) is 0 Å². The Hall–Kier alpha value is -3.01. The SMILES string of the molecule is Cc1ccc(-c2ccc(C(=O)NS(=O)(=O)c3ccccc3S(N)(=O)=O)cc2)cc1. The van der Waals surface area contributed by atoms with Crippen LogP contribution in [0.1, 0.15) is 15.9 Å². The number of sulfonamides is 2. The van der Waals surface area contributed by atoms with E-state index in [1.807, 2.05) is 35.9 Å². The summed E-state index contributed by atoms with van der Waals surface area (Å²) in [6.45, 7) is 1.98. The molecule has 0 bridgehead atoms. The highest BCUT2D eigenvalue weighted by Crippen LogP contribution is 2.22. The predicted molar refractivity (Wildman–Crippen MR) is 109 cm³/mol. The molecule has 3 aromatic carbocycles. The molecule has 0 saturated heterocycles. The summed E-state index contributed by atoms with van der Waals surface area (Å²) in [7, 11) is -8.73. The summed E-state index contributed by atoms with van der Waals surface area (Å²) in [5, 5.41) is 5.07. The lowest BCUT2D eigenvalue weighted by atomic mass is 10.0. The minimum absolute atomic E-state index is 0.109. The molecule has 0 heterocycles. The molecule has 29 heavy (non-hydrogen) atoms. The van der Waals surface area contributed by atoms with Gasteiger partial charge in [-0.2, -0.15) is 0 Å². The van der Waals surface area contributed by atoms with Gasteiger partial charge in [-0.1, -0.05) is 54.1 Å². The number of carbonyl (C=O) groups is 1. The second kappa shape index (κ2) is 7.78. The molecule has 3 rings (SSSR count). The van der Waals surface area contributed by atoms with Crippen molar-refractivity contribution in [2.24, 2.45) is 5.14 Å². The summed E-state index contributed by atoms with van der Waals surface area (Å²) in [4.78, 5) is 11.2. The maximum Gasteiger partial charge on any atom is 0.265 e. The van der Waals surface area contributed by atoms with Gasteiger partial charge in [0.25, 0.3) is 15.9 Å². The number of rotatable bonds is 5. The summed E-state index contributed by atoms with van der Waals surface area (Å²) in [5.74, 6) is -0.885. The van der Waals surface area contributed by atoms with Gasteiger partial charge in [-0.15, -0.1) is 0 Å². The number of benzene rings is 3. The van der Waals surface area contributed by atoms with Crippen molar-refractivity contribution in [2.75, 3.05) is 0 Å². The Morgan fingerprint density at radius 2 is 1.24 bits per heavy atom. The maximum absolute atomic E-state index is 12.6. The molecular weight excluding hydrogens is 412 g/mol. The molecule has 0 saturated carbocycles. The fourth-order valence-corrected chi connectivity index (χ4v) is 5.06. The van der Waals surface area contributed by atoms with Crippen molar-refractivity contribution in [3.8, 4) is 11.1 Å². The van der Waals surface area contributed by atoms with E-state index >= 15 is 0 Å². The van der Waals surface area contributed by atoms with Crippen LogP contribution in [0.4, 0.5) is 0 Å². The number of nitrogens with one attached hydrogen (secondary N) is 1. The van der Waals surface area contributed by atoms with E-state index in [4.69, 9.17) is 5.14 Å². The monoisotopic (exact) mass is 430 g/mol. The largest absolute Gasteiger partial charge is 0.268 e. The van der Waals surface area contributed by atoms with Gasteiger partial charge in [-0.3, -0.25) is 4.79 Å². The van der Waals surface area contributed by atoms with E-state index < -0.39 is 35.7 Å². The summed E-state index contributed by atoms with van der Waals surface area (Å²) in [6, 6.07) is 19.0. The lowest BCUT2D eigenvalue weighted by Gasteiger charge is -2.10. The van der Waals surface area contributed by atoms with Crippen molar-refractivity contribution in [2.45, 2.75) is 16.7 Å². The van der Waals surface area contributed by atoms with Gasteiger partial charge in [0.2, 0.25) is 10.0 Å². The van der Waals surface area contributed by atoms with Gasteiger partial charge in [0.1, 0.15) is 9.79 Å². The molecule has 1 amide bonds. The van der Waals surface area contributed by atoms with E-state index in [2.05, 4.69) is 0 Å². The molecule has 0 spiro atoms. The van der Waals surface area contributed by atoms with Crippen LogP contribution in [0.2, 0.25) is 0 Å². The smallest absolute Gasteiger partial charge is 0.265 e. The third kappa shape index (κ3) is 4.70. The van der Waals surface area contributed by atoms with E-state index in [0.29, 0.717) is 0 Å². The van der Waals surface area contributed by atoms with Gasteiger partial charge in [0, 0.05) is 5.56 Å². The second-order valence-corrected chi connectivity index (χ2v) is 9.55. The molecule has 0 aliphatic carbocycles. The molecule has 3 aromatic rings. The molecular formula is C20H18N2O5S2. The number of aryl methyl sites for hydroxylation is 1. The van der Waals surface area contributed by atoms with Crippen LogP contribution in [0.3, 0.4) is 0 Å². The van der Waals surface area contributed by atoms with E-state index in [-0.39, 0.29) is 5.56 Å². The number of hydrogen-bond donors (Lipinski definition) is 2. The van der Waals surface area contributed by atoms with E-state index in [9.17, 15) is 21.6 Å². The Bertz CT molecular complexity index is 1270. The Labute approximate surface area is 169 Å². The van der Waals surface area contributed by atoms with Crippen molar-refractivity contribution < 1.29 is 21.6 Å². The van der Waals surface area contributed by atoms with E-state index in [1.165, 1.54) is 24.3 Å². The van der Waals surface area contributed by atoms with E-state index in [1.54, 1.807) is 12.1 Å². The van der Waals surface area contributed by atoms with Gasteiger partial charge in [0.15, 0.2) is 0 Å². The average molecular weight is 431 g/mol. The van der Waals surface area contributed by atoms with Crippen LogP contribution in [0.5, 0.6) is 0 Å². The highest BCUT2D eigenvalue weighted by atomic mass is 32.2. The normalized spacial score (nSPS) is 11.8. The molecule has 150 valence electrons. The van der Waals surface area contributed by atoms with Crippen LogP contribution < -0.4 is 9.86 Å². The fraction of sp³-hybridized carbons (Fsp3) is 0.0500. The lowest BCUT2D eigenvalue weighted by Crippen LogP contribution is -2.32. The summed E-state index contributed by atoms with van der Waals surface area (Å²) >= 11 is 0. The van der Waals surface area contributed by atoms with Crippen molar-refractivity contribution >= 4 is 26.0 Å². The average Bonchev–Trinajstić information content (AvgIpc) is 2.68. The zero-order valence-corrected chi connectivity index (χ0v) is 17.0. The number of amides is 1. The third-order valence-corrected chi connectivity index (χ3v) is 6.69. The Morgan fingerprint density at radius 1 is 0.759 bits per heavy atom. The summed E-state index contributed by atoms with van der Waals surface area (Å²) < 4.78 is 50.3. The first-order chi connectivity index (χ1) is 13.6. The molecule has 0 aromatic heterocycles. The Kier molecular flexibility index (Phi) is 5.56. The maximum atomic E-state index is 12.6. The molecule has 0 atom stereocenters. The van der Waals surface area contributed by atoms with Crippen LogP contribution in [-0.2, 0) is 20.0 Å². The minimum atomic E-state index is -4.45.